The van der Waals surface area contributed by atoms with E-state index < -0.39 is 20.6 Å². The summed E-state index contributed by atoms with van der Waals surface area (Å²) >= 11 is 0. The molecule has 1 rings (SSSR count). The number of sulfonamides is 1. The molecule has 0 aliphatic rings. The van der Waals surface area contributed by atoms with Crippen LogP contribution in [0.4, 0.5) is 5.69 Å². The maximum Gasteiger partial charge on any atom is 0.289 e. The molecule has 0 fully saturated rings. The molecule has 1 aromatic rings. The zero-order chi connectivity index (χ0) is 13.8. The molecule has 0 saturated carbocycles. The lowest BCUT2D eigenvalue weighted by Gasteiger charge is -2.10. The summed E-state index contributed by atoms with van der Waals surface area (Å²) in [6.45, 7) is 0.710. The fraction of sp³-hybridized carbons (Fsp3) is 0.400. The van der Waals surface area contributed by atoms with Crippen LogP contribution in [0.3, 0.4) is 0 Å². The van der Waals surface area contributed by atoms with Crippen LogP contribution in [0.1, 0.15) is 0 Å². The summed E-state index contributed by atoms with van der Waals surface area (Å²) < 4.78 is 26.1. The molecule has 0 atom stereocenters. The number of benzene rings is 1. The van der Waals surface area contributed by atoms with Crippen molar-refractivity contribution in [2.24, 2.45) is 0 Å². The predicted octanol–water partition coefficient (Wildman–Crippen LogP) is 0.435. The van der Waals surface area contributed by atoms with Crippen LogP contribution in [0.25, 0.3) is 0 Å². The number of nitro benzene ring substituents is 1. The standard InChI is InChI=1S/C10H15N3O4S/c1-12(2)8-7-11-18(16,17)10-6-4-3-5-9(10)13(14)15/h3-6,11H,7-8H2,1-2H3. The van der Waals surface area contributed by atoms with Crippen molar-refractivity contribution in [3.05, 3.63) is 34.4 Å². The van der Waals surface area contributed by atoms with Crippen molar-refractivity contribution in [3.8, 4) is 0 Å². The minimum Gasteiger partial charge on any atom is -0.308 e. The summed E-state index contributed by atoms with van der Waals surface area (Å²) in [7, 11) is -0.240. The van der Waals surface area contributed by atoms with E-state index in [-0.39, 0.29) is 11.4 Å². The normalized spacial score (nSPS) is 11.7. The van der Waals surface area contributed by atoms with Crippen molar-refractivity contribution >= 4 is 15.7 Å². The maximum absolute atomic E-state index is 11.9. The average Bonchev–Trinajstić information content (AvgIpc) is 2.28. The van der Waals surface area contributed by atoms with Gasteiger partial charge in [0, 0.05) is 19.2 Å². The molecule has 8 heteroatoms. The second kappa shape index (κ2) is 5.89. The van der Waals surface area contributed by atoms with Gasteiger partial charge in [-0.2, -0.15) is 0 Å². The third kappa shape index (κ3) is 3.76. The molecule has 0 aliphatic carbocycles. The maximum atomic E-state index is 11.9. The number of nitro groups is 1. The molecule has 0 aromatic heterocycles. The van der Waals surface area contributed by atoms with Gasteiger partial charge in [0.1, 0.15) is 0 Å². The molecule has 0 radical (unpaired) electrons. The number of para-hydroxylation sites is 1. The van der Waals surface area contributed by atoms with Crippen LogP contribution in [0.5, 0.6) is 0 Å². The lowest BCUT2D eigenvalue weighted by molar-refractivity contribution is -0.387. The minimum atomic E-state index is -3.85. The Morgan fingerprint density at radius 1 is 1.33 bits per heavy atom. The summed E-state index contributed by atoms with van der Waals surface area (Å²) in [6, 6.07) is 5.26. The van der Waals surface area contributed by atoms with E-state index in [0.717, 1.165) is 0 Å². The Balaban J connectivity index is 2.95. The summed E-state index contributed by atoms with van der Waals surface area (Å²) in [5.74, 6) is 0. The molecule has 0 spiro atoms. The highest BCUT2D eigenvalue weighted by molar-refractivity contribution is 7.89. The monoisotopic (exact) mass is 273 g/mol. The van der Waals surface area contributed by atoms with Crippen LogP contribution in [0.2, 0.25) is 0 Å². The van der Waals surface area contributed by atoms with Crippen LogP contribution >= 0.6 is 0 Å². The van der Waals surface area contributed by atoms with Crippen molar-refractivity contribution in [2.75, 3.05) is 27.2 Å². The number of nitrogens with zero attached hydrogens (tertiary/aromatic N) is 2. The average molecular weight is 273 g/mol. The molecule has 7 nitrogen and oxygen atoms in total. The van der Waals surface area contributed by atoms with Gasteiger partial charge in [-0.25, -0.2) is 13.1 Å². The molecule has 18 heavy (non-hydrogen) atoms. The molecule has 0 saturated heterocycles. The van der Waals surface area contributed by atoms with E-state index >= 15 is 0 Å². The van der Waals surface area contributed by atoms with Crippen molar-refractivity contribution in [3.63, 3.8) is 0 Å². The lowest BCUT2D eigenvalue weighted by Crippen LogP contribution is -2.31. The topological polar surface area (TPSA) is 92.6 Å². The van der Waals surface area contributed by atoms with Crippen molar-refractivity contribution in [2.45, 2.75) is 4.90 Å². The fourth-order valence-electron chi connectivity index (χ4n) is 1.32. The number of rotatable bonds is 6. The van der Waals surface area contributed by atoms with Gasteiger partial charge < -0.3 is 4.90 Å². The van der Waals surface area contributed by atoms with E-state index in [9.17, 15) is 18.5 Å². The van der Waals surface area contributed by atoms with Gasteiger partial charge in [-0.1, -0.05) is 12.1 Å². The summed E-state index contributed by atoms with van der Waals surface area (Å²) in [5.41, 5.74) is -0.421. The quantitative estimate of drug-likeness (QED) is 0.599. The summed E-state index contributed by atoms with van der Waals surface area (Å²) in [4.78, 5) is 11.5. The van der Waals surface area contributed by atoms with Gasteiger partial charge in [0.2, 0.25) is 10.0 Å². The third-order valence-corrected chi connectivity index (χ3v) is 3.71. The van der Waals surface area contributed by atoms with Gasteiger partial charge in [0.15, 0.2) is 4.90 Å². The molecule has 100 valence electrons. The van der Waals surface area contributed by atoms with Crippen LogP contribution in [0.15, 0.2) is 29.2 Å². The largest absolute Gasteiger partial charge is 0.308 e. The molecule has 0 unspecified atom stereocenters. The van der Waals surface area contributed by atoms with E-state index in [1.165, 1.54) is 24.3 Å². The number of hydrogen-bond acceptors (Lipinski definition) is 5. The zero-order valence-corrected chi connectivity index (χ0v) is 11.0. The van der Waals surface area contributed by atoms with Gasteiger partial charge >= 0.3 is 0 Å². The minimum absolute atomic E-state index is 0.196. The highest BCUT2D eigenvalue weighted by atomic mass is 32.2. The number of nitrogens with one attached hydrogen (secondary N) is 1. The molecular weight excluding hydrogens is 258 g/mol. The predicted molar refractivity (Wildman–Crippen MR) is 66.8 cm³/mol. The third-order valence-electron chi connectivity index (χ3n) is 2.20. The Morgan fingerprint density at radius 2 is 1.94 bits per heavy atom. The van der Waals surface area contributed by atoms with E-state index in [1.807, 2.05) is 4.90 Å². The Bertz CT molecular complexity index is 528. The van der Waals surface area contributed by atoms with Gasteiger partial charge in [0.05, 0.1) is 4.92 Å². The van der Waals surface area contributed by atoms with Crippen molar-refractivity contribution in [1.82, 2.24) is 9.62 Å². The fourth-order valence-corrected chi connectivity index (χ4v) is 2.51. The van der Waals surface area contributed by atoms with Gasteiger partial charge in [-0.3, -0.25) is 10.1 Å². The molecule has 0 amide bonds. The first-order valence-electron chi connectivity index (χ1n) is 5.22. The summed E-state index contributed by atoms with van der Waals surface area (Å²) in [5, 5.41) is 10.8. The lowest BCUT2D eigenvalue weighted by atomic mass is 10.3. The van der Waals surface area contributed by atoms with Gasteiger partial charge in [0.25, 0.3) is 5.69 Å². The molecule has 1 N–H and O–H groups in total. The number of likely N-dealkylation sites (N-methyl/N-ethyl adjacent to an activating group) is 1. The molecule has 0 heterocycles. The summed E-state index contributed by atoms with van der Waals surface area (Å²) in [6.07, 6.45) is 0. The SMILES string of the molecule is CN(C)CCNS(=O)(=O)c1ccccc1[N+](=O)[O-]. The van der Waals surface area contributed by atoms with E-state index in [0.29, 0.717) is 6.54 Å². The van der Waals surface area contributed by atoms with Crippen LogP contribution < -0.4 is 4.72 Å². The number of hydrogen-bond donors (Lipinski definition) is 1. The highest BCUT2D eigenvalue weighted by Crippen LogP contribution is 2.22. The van der Waals surface area contributed by atoms with Gasteiger partial charge in [-0.05, 0) is 20.2 Å². The Morgan fingerprint density at radius 3 is 2.50 bits per heavy atom. The van der Waals surface area contributed by atoms with Crippen molar-refractivity contribution in [1.29, 1.82) is 0 Å². The molecule has 1 aromatic carbocycles. The van der Waals surface area contributed by atoms with Crippen LogP contribution in [-0.2, 0) is 10.0 Å². The second-order valence-corrected chi connectivity index (χ2v) is 5.66. The molecule has 0 aliphatic heterocycles. The smallest absolute Gasteiger partial charge is 0.289 e. The highest BCUT2D eigenvalue weighted by Gasteiger charge is 2.24. The van der Waals surface area contributed by atoms with E-state index in [2.05, 4.69) is 4.72 Å². The van der Waals surface area contributed by atoms with E-state index in [4.69, 9.17) is 0 Å². The molecular formula is C10H15N3O4S. The first-order valence-corrected chi connectivity index (χ1v) is 6.71. The Hall–Kier alpha value is -1.51. The Kier molecular flexibility index (Phi) is 4.76. The Labute approximate surface area is 106 Å². The van der Waals surface area contributed by atoms with Gasteiger partial charge in [-0.15, -0.1) is 0 Å². The first kappa shape index (κ1) is 14.6. The zero-order valence-electron chi connectivity index (χ0n) is 10.2. The van der Waals surface area contributed by atoms with Crippen LogP contribution in [0, 0.1) is 10.1 Å². The molecule has 0 bridgehead atoms. The first-order chi connectivity index (χ1) is 8.34. The van der Waals surface area contributed by atoms with Crippen LogP contribution in [-0.4, -0.2) is 45.4 Å². The van der Waals surface area contributed by atoms with E-state index in [1.54, 1.807) is 14.1 Å². The second-order valence-electron chi connectivity index (χ2n) is 3.93. The van der Waals surface area contributed by atoms with Crippen molar-refractivity contribution < 1.29 is 13.3 Å².